The molecule has 27 aromatic rings. The number of hydrogen-bond donors (Lipinski definition) is 0. The van der Waals surface area contributed by atoms with Crippen molar-refractivity contribution in [3.8, 4) is 125 Å². The Balaban J connectivity index is 0.000000108. The van der Waals surface area contributed by atoms with Crippen LogP contribution in [0.1, 0.15) is 0 Å². The van der Waals surface area contributed by atoms with E-state index in [0.717, 1.165) is 133 Å². The van der Waals surface area contributed by atoms with Crippen LogP contribution in [0.3, 0.4) is 0 Å². The van der Waals surface area contributed by atoms with Crippen LogP contribution in [0.5, 0.6) is 0 Å². The summed E-state index contributed by atoms with van der Waals surface area (Å²) in [6.45, 7) is 0. The molecule has 9 heterocycles. The average molecular weight is 1750 g/mol. The molecule has 0 radical (unpaired) electrons. The first-order valence-corrected chi connectivity index (χ1v) is 46.6. The lowest BCUT2D eigenvalue weighted by molar-refractivity contribution is 1.07. The number of benzene rings is 18. The van der Waals surface area contributed by atoms with E-state index in [1.807, 2.05) is 192 Å². The molecule has 14 heteroatoms. The van der Waals surface area contributed by atoms with Crippen molar-refractivity contribution in [2.45, 2.75) is 0 Å². The van der Waals surface area contributed by atoms with Crippen LogP contribution in [0.2, 0.25) is 0 Å². The highest BCUT2D eigenvalue weighted by atomic mass is 32.1. The van der Waals surface area contributed by atoms with Gasteiger partial charge in [-0.2, -0.15) is 0 Å². The van der Waals surface area contributed by atoms with Gasteiger partial charge in [-0.05, 0) is 99.7 Å². The molecule has 27 rings (SSSR count). The van der Waals surface area contributed by atoms with Gasteiger partial charge in [0, 0.05) is 148 Å². The molecule has 0 aliphatic carbocycles. The molecule has 0 N–H and O–H groups in total. The minimum absolute atomic E-state index is 0.626. The van der Waals surface area contributed by atoms with Crippen molar-refractivity contribution >= 4 is 170 Å². The van der Waals surface area contributed by atoms with Crippen molar-refractivity contribution in [1.82, 2.24) is 54.8 Å². The average Bonchev–Trinajstić information content (AvgIpc) is 1.68. The van der Waals surface area contributed by atoms with Crippen molar-refractivity contribution in [2.75, 3.05) is 0 Å². The molecule has 0 aliphatic heterocycles. The first-order chi connectivity index (χ1) is 65.9. The van der Waals surface area contributed by atoms with Gasteiger partial charge in [-0.3, -0.25) is 0 Å². The third kappa shape index (κ3) is 14.4. The van der Waals surface area contributed by atoms with Gasteiger partial charge in [-0.1, -0.05) is 358 Å². The summed E-state index contributed by atoms with van der Waals surface area (Å²) in [5, 5.41) is 20.1. The Morgan fingerprint density at radius 2 is 0.406 bits per heavy atom. The Bertz CT molecular complexity index is 9110. The Morgan fingerprint density at radius 1 is 0.128 bits per heavy atom. The molecular weight excluding hydrogens is 1680 g/mol. The smallest absolute Gasteiger partial charge is 0.164 e. The third-order valence-electron chi connectivity index (χ3n) is 24.9. The second-order valence-corrected chi connectivity index (χ2v) is 36.2. The van der Waals surface area contributed by atoms with Crippen molar-refractivity contribution in [3.63, 3.8) is 0 Å². The third-order valence-corrected chi connectivity index (χ3v) is 28.3. The molecule has 0 atom stereocenters. The van der Waals surface area contributed by atoms with Gasteiger partial charge in [0.15, 0.2) is 40.8 Å². The topological polar surface area (TPSA) is 142 Å². The molecule has 133 heavy (non-hydrogen) atoms. The number of rotatable bonds is 11. The summed E-state index contributed by atoms with van der Waals surface area (Å²) in [5.74, 6) is 4.54. The standard InChI is InChI=1S/C44H26N4S.C40H24N4S.C35H21N3S/c1-3-13-27(14-4-1)42-46-43(28-15-5-2-6-16-28)48-44(47-42)35-24-23-34(29-17-7-8-18-30(29)35)41-33-21-10-9-19-31(33)36-26-40-37(25-38(36)45-41)32-20-11-12-22-39(32)49-40;1-3-12-25(13-4-1)38-42-39(26-14-5-2-6-15-26)44-40(43-38)28-17-11-16-27(22-28)37-31-20-8-7-18-29(31)32-24-36-33(23-34(32)41-37)30-19-9-10-21-35(30)45-36;1-3-11-22(12-4-1)29-21-31(38-35(37-29)23-13-5-2-6-14-23)34-26-17-8-7-15-24(26)27-20-33-28(19-30(27)36-34)25-16-9-10-18-32(25)39-33/h1-26H;1-24H;1-21H. The molecule has 0 amide bonds. The first-order valence-electron chi connectivity index (χ1n) is 44.2. The largest absolute Gasteiger partial charge is 0.247 e. The van der Waals surface area contributed by atoms with E-state index < -0.39 is 0 Å². The van der Waals surface area contributed by atoms with Gasteiger partial charge < -0.3 is 0 Å². The lowest BCUT2D eigenvalue weighted by atomic mass is 9.93. The van der Waals surface area contributed by atoms with E-state index in [1.165, 1.54) is 87.4 Å². The fraction of sp³-hybridized carbons (Fsp3) is 0. The van der Waals surface area contributed by atoms with Crippen molar-refractivity contribution in [3.05, 3.63) is 431 Å². The molecule has 0 unspecified atom stereocenters. The molecule has 18 aromatic carbocycles. The van der Waals surface area contributed by atoms with Crippen LogP contribution in [0.15, 0.2) is 431 Å². The maximum absolute atomic E-state index is 5.43. The number of fused-ring (bicyclic) bond motifs is 19. The zero-order chi connectivity index (χ0) is 87.8. The monoisotopic (exact) mass is 1750 g/mol. The van der Waals surface area contributed by atoms with Gasteiger partial charge >= 0.3 is 0 Å². The minimum atomic E-state index is 0.626. The summed E-state index contributed by atoms with van der Waals surface area (Å²) >= 11 is 5.52. The van der Waals surface area contributed by atoms with Gasteiger partial charge in [-0.15, -0.1) is 34.0 Å². The van der Waals surface area contributed by atoms with Gasteiger partial charge in [-0.25, -0.2) is 54.8 Å². The quantitative estimate of drug-likeness (QED) is 0.114. The van der Waals surface area contributed by atoms with Crippen LogP contribution in [-0.4, -0.2) is 54.8 Å². The van der Waals surface area contributed by atoms with E-state index in [9.17, 15) is 0 Å². The first kappa shape index (κ1) is 78.3. The number of hydrogen-bond acceptors (Lipinski definition) is 14. The fourth-order valence-corrected chi connectivity index (χ4v) is 21.9. The van der Waals surface area contributed by atoms with Gasteiger partial charge in [0.1, 0.15) is 0 Å². The maximum atomic E-state index is 5.43. The lowest BCUT2D eigenvalue weighted by Crippen LogP contribution is -2.01. The summed E-state index contributed by atoms with van der Waals surface area (Å²) in [7, 11) is 0. The van der Waals surface area contributed by atoms with Crippen LogP contribution >= 0.6 is 34.0 Å². The molecule has 9 aromatic heterocycles. The molecule has 11 nitrogen and oxygen atoms in total. The molecule has 0 spiro atoms. The van der Waals surface area contributed by atoms with E-state index in [1.54, 1.807) is 0 Å². The Hall–Kier alpha value is -17.0. The second-order valence-electron chi connectivity index (χ2n) is 33.0. The molecule has 620 valence electrons. The van der Waals surface area contributed by atoms with Crippen LogP contribution < -0.4 is 0 Å². The normalized spacial score (nSPS) is 11.6. The van der Waals surface area contributed by atoms with Gasteiger partial charge in [0.2, 0.25) is 0 Å². The van der Waals surface area contributed by atoms with Crippen molar-refractivity contribution < 1.29 is 0 Å². The maximum Gasteiger partial charge on any atom is 0.164 e. The summed E-state index contributed by atoms with van der Waals surface area (Å²) in [6.07, 6.45) is 0. The summed E-state index contributed by atoms with van der Waals surface area (Å²) in [5.41, 5.74) is 17.2. The van der Waals surface area contributed by atoms with Crippen LogP contribution in [-0.2, 0) is 0 Å². The zero-order valence-corrected chi connectivity index (χ0v) is 73.6. The SMILES string of the molecule is c1ccc(-c2cc(-c3nc4cc5c(cc4c4ccccc34)sc3ccccc35)nc(-c3ccccc3)n2)cc1.c1ccc(-c2nc(-c3ccccc3)nc(-c3ccc(-c4nc5cc6c(cc5c5ccccc45)sc4ccccc46)c4ccccc34)n2)cc1.c1ccc(-c2nc(-c3ccccc3)nc(-c3cccc(-c4nc5cc6c(cc5c5ccccc45)sc4ccccc46)c3)n2)cc1. The molecule has 0 fully saturated rings. The highest BCUT2D eigenvalue weighted by molar-refractivity contribution is 7.26. The van der Waals surface area contributed by atoms with E-state index in [2.05, 4.69) is 273 Å². The van der Waals surface area contributed by atoms with E-state index in [0.29, 0.717) is 40.8 Å². The van der Waals surface area contributed by atoms with E-state index in [4.69, 9.17) is 54.8 Å². The highest BCUT2D eigenvalue weighted by Crippen LogP contribution is 2.47. The Kier molecular flexibility index (Phi) is 19.6. The number of thiophene rings is 3. The number of nitrogens with zero attached hydrogens (tertiary/aromatic N) is 11. The molecule has 0 saturated heterocycles. The second kappa shape index (κ2) is 33.2. The number of aromatic nitrogens is 11. The fourth-order valence-electron chi connectivity index (χ4n) is 18.6. The van der Waals surface area contributed by atoms with E-state index >= 15 is 0 Å². The summed E-state index contributed by atoms with van der Waals surface area (Å²) in [6, 6.07) is 149. The predicted molar refractivity (Wildman–Crippen MR) is 556 cm³/mol. The molecule has 0 saturated carbocycles. The minimum Gasteiger partial charge on any atom is -0.247 e. The summed E-state index contributed by atoms with van der Waals surface area (Å²) in [4.78, 5) is 55.9. The Morgan fingerprint density at radius 3 is 0.820 bits per heavy atom. The number of pyridine rings is 3. The molecular formula is C119H71N11S3. The highest BCUT2D eigenvalue weighted by Gasteiger charge is 2.24. The van der Waals surface area contributed by atoms with Crippen molar-refractivity contribution in [1.29, 1.82) is 0 Å². The van der Waals surface area contributed by atoms with Gasteiger partial charge in [0.05, 0.1) is 45.0 Å². The van der Waals surface area contributed by atoms with Crippen LogP contribution in [0, 0.1) is 0 Å². The lowest BCUT2D eigenvalue weighted by Gasteiger charge is -2.15. The van der Waals surface area contributed by atoms with Crippen LogP contribution in [0.4, 0.5) is 0 Å². The zero-order valence-electron chi connectivity index (χ0n) is 71.1. The van der Waals surface area contributed by atoms with E-state index in [-0.39, 0.29) is 0 Å². The van der Waals surface area contributed by atoms with Crippen molar-refractivity contribution in [2.24, 2.45) is 0 Å². The van der Waals surface area contributed by atoms with Gasteiger partial charge in [0.25, 0.3) is 0 Å². The molecule has 0 aliphatic rings. The molecule has 0 bridgehead atoms. The summed E-state index contributed by atoms with van der Waals surface area (Å²) < 4.78 is 7.73. The Labute approximate surface area is 774 Å². The predicted octanol–water partition coefficient (Wildman–Crippen LogP) is 31.9. The van der Waals surface area contributed by atoms with Crippen LogP contribution in [0.25, 0.3) is 261 Å².